The van der Waals surface area contributed by atoms with Crippen LogP contribution in [0.15, 0.2) is 100 Å². The van der Waals surface area contributed by atoms with Crippen molar-refractivity contribution in [3.8, 4) is 22.0 Å². The molecule has 0 spiro atoms. The zero-order valence-electron chi connectivity index (χ0n) is 27.8. The molecule has 4 unspecified atom stereocenters. The van der Waals surface area contributed by atoms with Gasteiger partial charge in [0, 0.05) is 28.8 Å². The number of hydrogen-bond acceptors (Lipinski definition) is 7. The van der Waals surface area contributed by atoms with Crippen LogP contribution in [-0.2, 0) is 23.2 Å². The minimum Gasteiger partial charge on any atom is -0.508 e. The highest BCUT2D eigenvalue weighted by molar-refractivity contribution is 7.22. The minimum atomic E-state index is -1.28. The molecule has 2 fully saturated rings. The number of fused-ring (bicyclic) bond motifs is 5. The Balaban J connectivity index is 1.19. The molecule has 1 aliphatic carbocycles. The summed E-state index contributed by atoms with van der Waals surface area (Å²) in [5.41, 5.74) is 1.16. The Morgan fingerprint density at radius 3 is 2.51 bits per heavy atom. The van der Waals surface area contributed by atoms with Crippen LogP contribution in [0.5, 0.6) is 5.75 Å². The lowest BCUT2D eigenvalue weighted by molar-refractivity contribution is -0.129. The average Bonchev–Trinajstić information content (AvgIpc) is 3.78. The van der Waals surface area contributed by atoms with E-state index in [0.29, 0.717) is 27.8 Å². The first-order valence-electron chi connectivity index (χ1n) is 16.6. The van der Waals surface area contributed by atoms with Gasteiger partial charge in [-0.3, -0.25) is 14.3 Å². The first-order valence-corrected chi connectivity index (χ1v) is 17.8. The number of aromatic hydroxyl groups is 1. The van der Waals surface area contributed by atoms with Crippen molar-refractivity contribution in [2.45, 2.75) is 38.8 Å². The lowest BCUT2D eigenvalue weighted by Crippen LogP contribution is -2.49. The van der Waals surface area contributed by atoms with Crippen LogP contribution >= 0.6 is 22.9 Å². The van der Waals surface area contributed by atoms with E-state index in [2.05, 4.69) is 0 Å². The van der Waals surface area contributed by atoms with Crippen molar-refractivity contribution in [2.24, 2.45) is 18.4 Å². The summed E-state index contributed by atoms with van der Waals surface area (Å²) in [6.07, 6.45) is 2.02. The van der Waals surface area contributed by atoms with Gasteiger partial charge in [-0.25, -0.2) is 28.4 Å². The van der Waals surface area contributed by atoms with Gasteiger partial charge in [-0.1, -0.05) is 48.0 Å². The van der Waals surface area contributed by atoms with E-state index >= 15 is 0 Å². The molecule has 256 valence electrons. The van der Waals surface area contributed by atoms with Gasteiger partial charge >= 0.3 is 11.4 Å². The van der Waals surface area contributed by atoms with E-state index in [4.69, 9.17) is 16.7 Å². The lowest BCUT2D eigenvalue weighted by Gasteiger charge is -2.47. The van der Waals surface area contributed by atoms with Crippen molar-refractivity contribution in [1.29, 1.82) is 0 Å². The van der Waals surface area contributed by atoms with Crippen molar-refractivity contribution in [2.75, 3.05) is 4.90 Å². The van der Waals surface area contributed by atoms with Gasteiger partial charge in [-0.15, -0.1) is 11.3 Å². The molecule has 5 heterocycles. The Bertz CT molecular complexity index is 2630. The molecule has 13 heteroatoms. The smallest absolute Gasteiger partial charge is 0.352 e. The number of imide groups is 1. The highest BCUT2D eigenvalue weighted by Crippen LogP contribution is 2.61. The number of allylic oxidation sites excluding steroid dienone is 2. The van der Waals surface area contributed by atoms with Crippen LogP contribution in [0.2, 0.25) is 5.02 Å². The Labute approximate surface area is 299 Å². The number of para-hydroxylation sites is 1. The van der Waals surface area contributed by atoms with Crippen LogP contribution in [0.3, 0.4) is 0 Å². The molecule has 1 saturated carbocycles. The predicted molar refractivity (Wildman–Crippen MR) is 195 cm³/mol. The fourth-order valence-corrected chi connectivity index (χ4v) is 9.91. The molecule has 0 radical (unpaired) electrons. The van der Waals surface area contributed by atoms with E-state index in [-0.39, 0.29) is 18.7 Å². The molecule has 3 aromatic carbocycles. The number of nitrogens with zero attached hydrogens (tertiary/aromatic N) is 6. The third kappa shape index (κ3) is 4.32. The first kappa shape index (κ1) is 31.5. The third-order valence-corrected chi connectivity index (χ3v) is 12.5. The van der Waals surface area contributed by atoms with Gasteiger partial charge in [-0.2, -0.15) is 5.10 Å². The standard InChI is InChI=1S/C38H31ClN6O5S/c1-20-26-17-22(39)12-13-30(26)51-33(20)28-19-31(41(3)40-28)44-34(47)27-18-29-25(32(38(27,2)35(44)48)21-8-7-11-24(46)16-21)14-15-42-36(49)43(37(50)45(29)42)23-9-5-4-6-10-23/h4-14,16-17,19,27,29,32,46H,15,18H2,1-3H3. The summed E-state index contributed by atoms with van der Waals surface area (Å²) in [5, 5.41) is 17.0. The van der Waals surface area contributed by atoms with Gasteiger partial charge in [0.15, 0.2) is 0 Å². The average molecular weight is 719 g/mol. The van der Waals surface area contributed by atoms with Gasteiger partial charge in [0.25, 0.3) is 0 Å². The number of aryl methyl sites for hydroxylation is 2. The molecule has 6 aromatic rings. The molecule has 51 heavy (non-hydrogen) atoms. The summed E-state index contributed by atoms with van der Waals surface area (Å²) < 4.78 is 6.59. The molecule has 3 aliphatic rings. The number of anilines is 1. The van der Waals surface area contributed by atoms with Crippen molar-refractivity contribution in [3.05, 3.63) is 128 Å². The fraction of sp³-hybridized carbons (Fsp3) is 0.237. The Kier molecular flexibility index (Phi) is 6.81. The van der Waals surface area contributed by atoms with Crippen molar-refractivity contribution in [1.82, 2.24) is 23.7 Å². The topological polar surface area (TPSA) is 124 Å². The number of phenols is 1. The van der Waals surface area contributed by atoms with Crippen LogP contribution in [0.1, 0.15) is 36.4 Å². The van der Waals surface area contributed by atoms with E-state index < -0.39 is 46.5 Å². The van der Waals surface area contributed by atoms with Crippen LogP contribution in [-0.4, -0.2) is 40.6 Å². The van der Waals surface area contributed by atoms with Crippen LogP contribution < -0.4 is 16.3 Å². The predicted octanol–water partition coefficient (Wildman–Crippen LogP) is 5.95. The van der Waals surface area contributed by atoms with E-state index in [9.17, 15) is 24.3 Å². The number of carbonyl (C=O) groups is 2. The summed E-state index contributed by atoms with van der Waals surface area (Å²) in [6.45, 7) is 3.91. The second kappa shape index (κ2) is 11.0. The van der Waals surface area contributed by atoms with Gasteiger partial charge in [0.1, 0.15) is 17.3 Å². The number of amides is 2. The van der Waals surface area contributed by atoms with Crippen molar-refractivity contribution >= 4 is 50.7 Å². The molecule has 0 bridgehead atoms. The number of carbonyl (C=O) groups excluding carboxylic acids is 2. The summed E-state index contributed by atoms with van der Waals surface area (Å²) in [7, 11) is 1.71. The van der Waals surface area contributed by atoms with Crippen LogP contribution in [0.25, 0.3) is 26.3 Å². The van der Waals surface area contributed by atoms with Gasteiger partial charge in [-0.05, 0) is 84.8 Å². The molecule has 3 aromatic heterocycles. The van der Waals surface area contributed by atoms with Crippen LogP contribution in [0.4, 0.5) is 5.82 Å². The number of benzene rings is 3. The fourth-order valence-electron chi connectivity index (χ4n) is 8.59. The number of rotatable bonds is 4. The summed E-state index contributed by atoms with van der Waals surface area (Å²) >= 11 is 7.86. The molecule has 2 amide bonds. The van der Waals surface area contributed by atoms with Gasteiger partial charge < -0.3 is 5.11 Å². The largest absolute Gasteiger partial charge is 0.508 e. The van der Waals surface area contributed by atoms with Gasteiger partial charge in [0.05, 0.1) is 34.5 Å². The molecule has 1 N–H and O–H groups in total. The third-order valence-electron chi connectivity index (χ3n) is 11.0. The summed E-state index contributed by atoms with van der Waals surface area (Å²) in [5.74, 6) is -2.00. The number of thiophene rings is 1. The second-order valence-electron chi connectivity index (χ2n) is 13.7. The second-order valence-corrected chi connectivity index (χ2v) is 15.2. The van der Waals surface area contributed by atoms with E-state index in [1.165, 1.54) is 14.3 Å². The number of phenolic OH excluding ortho intramolecular Hbond substituents is 1. The summed E-state index contributed by atoms with van der Waals surface area (Å²) in [4.78, 5) is 59.7. The van der Waals surface area contributed by atoms with Gasteiger partial charge in [0.2, 0.25) is 11.8 Å². The highest BCUT2D eigenvalue weighted by atomic mass is 35.5. The zero-order valence-corrected chi connectivity index (χ0v) is 29.4. The zero-order chi connectivity index (χ0) is 35.5. The molecular formula is C38H31ClN6O5S. The van der Waals surface area contributed by atoms with Crippen LogP contribution in [0, 0.1) is 18.3 Å². The van der Waals surface area contributed by atoms with Crippen molar-refractivity contribution < 1.29 is 14.7 Å². The molecule has 1 saturated heterocycles. The molecule has 4 atom stereocenters. The molecule has 9 rings (SSSR count). The maximum atomic E-state index is 14.9. The molecule has 2 aliphatic heterocycles. The first-order chi connectivity index (χ1) is 24.5. The minimum absolute atomic E-state index is 0.0142. The molecule has 11 nitrogen and oxygen atoms in total. The maximum Gasteiger partial charge on any atom is 0.352 e. The quantitative estimate of drug-likeness (QED) is 0.178. The lowest BCUT2D eigenvalue weighted by atomic mass is 9.56. The SMILES string of the molecule is Cc1c(-c2cc(N3C(=O)C4CC5C(=CCn6c(=O)n(-c7ccccc7)c(=O)n65)C(c5cccc(O)c5)C4(C)C3=O)n(C)n2)sc2ccc(Cl)cc12. The number of aromatic nitrogens is 5. The number of hydrogen-bond donors (Lipinski definition) is 1. The monoisotopic (exact) mass is 718 g/mol. The molecular weight excluding hydrogens is 688 g/mol. The summed E-state index contributed by atoms with van der Waals surface area (Å²) in [6, 6.07) is 22.2. The van der Waals surface area contributed by atoms with E-state index in [1.54, 1.807) is 78.5 Å². The normalized spacial score (nSPS) is 22.6. The van der Waals surface area contributed by atoms with E-state index in [1.807, 2.05) is 43.3 Å². The highest BCUT2D eigenvalue weighted by Gasteiger charge is 2.66. The van der Waals surface area contributed by atoms with Crippen molar-refractivity contribution in [3.63, 3.8) is 0 Å². The maximum absolute atomic E-state index is 14.9. The number of halogens is 1. The Morgan fingerprint density at radius 1 is 0.961 bits per heavy atom. The van der Waals surface area contributed by atoms with E-state index in [0.717, 1.165) is 30.7 Å². The Morgan fingerprint density at radius 2 is 1.75 bits per heavy atom. The Hall–Kier alpha value is -5.46.